The maximum atomic E-state index is 5.64. The van der Waals surface area contributed by atoms with Crippen molar-refractivity contribution in [1.82, 2.24) is 9.47 Å². The highest BCUT2D eigenvalue weighted by Gasteiger charge is 2.46. The highest BCUT2D eigenvalue weighted by molar-refractivity contribution is 7.00. The van der Waals surface area contributed by atoms with Gasteiger partial charge in [0.1, 0.15) is 0 Å². The van der Waals surface area contributed by atoms with Gasteiger partial charge in [-0.3, -0.25) is 9.80 Å². The van der Waals surface area contributed by atoms with Crippen LogP contribution in [0.2, 0.25) is 0 Å². The van der Waals surface area contributed by atoms with Gasteiger partial charge in [-0.1, -0.05) is 243 Å². The van der Waals surface area contributed by atoms with Gasteiger partial charge in [0.2, 0.25) is 29.8 Å². The van der Waals surface area contributed by atoms with Crippen LogP contribution in [0, 0.1) is 0 Å². The molecule has 0 N–H and O–H groups in total. The summed E-state index contributed by atoms with van der Waals surface area (Å²) in [6, 6.07) is 127. The second-order valence-electron chi connectivity index (χ2n) is 26.0. The van der Waals surface area contributed by atoms with E-state index < -0.39 is 0 Å². The van der Waals surface area contributed by atoms with Crippen molar-refractivity contribution in [3.8, 4) is 39.1 Å². The Hall–Kier alpha value is -14.0. The van der Waals surface area contributed by atoms with E-state index >= 15 is 0 Å². The topological polar surface area (TPSA) is 95.3 Å². The number of amidine groups is 1. The number of hydrogen-bond donors (Lipinski definition) is 0. The van der Waals surface area contributed by atoms with Crippen molar-refractivity contribution in [2.45, 2.75) is 0 Å². The van der Waals surface area contributed by atoms with Crippen LogP contribution in [0.1, 0.15) is 5.56 Å². The van der Waals surface area contributed by atoms with E-state index in [1.54, 1.807) is 4.90 Å². The fourth-order valence-corrected chi connectivity index (χ4v) is 15.4. The molecule has 5 aliphatic rings. The highest BCUT2D eigenvalue weighted by atomic mass is 15.5. The van der Waals surface area contributed by atoms with Gasteiger partial charge in [-0.15, -0.1) is 0 Å². The number of hydrogen-bond acceptors (Lipinski definition) is 11. The Morgan fingerprint density at radius 1 is 0.243 bits per heavy atom. The minimum atomic E-state index is -0.274. The monoisotopic (exact) mass is 1320 g/mol. The lowest BCUT2D eigenvalue weighted by Crippen LogP contribution is -2.61. The summed E-state index contributed by atoms with van der Waals surface area (Å²) in [4.78, 5) is 43.8. The van der Waals surface area contributed by atoms with Crippen LogP contribution in [0.3, 0.4) is 0 Å². The highest BCUT2D eigenvalue weighted by Crippen LogP contribution is 2.48. The second-order valence-corrected chi connectivity index (χ2v) is 26.0. The van der Waals surface area contributed by atoms with Crippen molar-refractivity contribution in [1.29, 1.82) is 0 Å². The summed E-state index contributed by atoms with van der Waals surface area (Å²) in [5.41, 5.74) is 23.7. The number of aromatic nitrogens is 1. The summed E-state index contributed by atoms with van der Waals surface area (Å²) in [7, 11) is 0. The van der Waals surface area contributed by atoms with Gasteiger partial charge in [0.15, 0.2) is 5.84 Å². The molecule has 5 aliphatic heterocycles. The number of benzene rings is 14. The number of rotatable bonds is 11. The molecule has 0 radical (unpaired) electrons. The molecule has 0 aliphatic carbocycles. The van der Waals surface area contributed by atoms with E-state index in [0.29, 0.717) is 35.6 Å². The molecule has 0 saturated carbocycles. The van der Waals surface area contributed by atoms with Crippen LogP contribution in [0.5, 0.6) is 0 Å². The lowest BCUT2D eigenvalue weighted by molar-refractivity contribution is 0.823. The van der Waals surface area contributed by atoms with Crippen molar-refractivity contribution in [2.24, 2.45) is 30.0 Å². The molecule has 0 saturated heterocycles. The summed E-state index contributed by atoms with van der Waals surface area (Å²) in [5.74, 6) is 2.04. The Morgan fingerprint density at radius 2 is 0.621 bits per heavy atom. The van der Waals surface area contributed by atoms with Gasteiger partial charge in [0.25, 0.3) is 6.71 Å². The van der Waals surface area contributed by atoms with Crippen molar-refractivity contribution in [3.05, 3.63) is 363 Å². The lowest BCUT2D eigenvalue weighted by Gasteiger charge is -2.44. The summed E-state index contributed by atoms with van der Waals surface area (Å²) in [5, 5.41) is 2.39. The van der Waals surface area contributed by atoms with Crippen molar-refractivity contribution in [2.75, 3.05) is 19.6 Å². The summed E-state index contributed by atoms with van der Waals surface area (Å²) >= 11 is 0. The molecule has 1 aromatic heterocycles. The zero-order chi connectivity index (χ0) is 67.9. The Labute approximate surface area is 595 Å². The molecule has 20 rings (SSSR count). The Kier molecular flexibility index (Phi) is 14.0. The Bertz CT molecular complexity index is 5830. The first-order chi connectivity index (χ1) is 51.1. The van der Waals surface area contributed by atoms with Crippen LogP contribution in [-0.2, 0) is 0 Å². The molecule has 15 aromatic rings. The van der Waals surface area contributed by atoms with Gasteiger partial charge >= 0.3 is 0 Å². The van der Waals surface area contributed by atoms with E-state index in [9.17, 15) is 0 Å². The predicted molar refractivity (Wildman–Crippen MR) is 427 cm³/mol. The second kappa shape index (κ2) is 24.4. The number of para-hydroxylation sites is 6. The lowest BCUT2D eigenvalue weighted by atomic mass is 9.33. The third-order valence-corrected chi connectivity index (χ3v) is 20.0. The van der Waals surface area contributed by atoms with Gasteiger partial charge in [0.05, 0.1) is 11.0 Å². The minimum Gasteiger partial charge on any atom is -0.311 e. The van der Waals surface area contributed by atoms with E-state index in [4.69, 9.17) is 30.0 Å². The van der Waals surface area contributed by atoms with Crippen LogP contribution in [0.15, 0.2) is 388 Å². The number of nitrogens with zero attached hydrogens (tertiary/aromatic N) is 12. The molecule has 103 heavy (non-hydrogen) atoms. The van der Waals surface area contributed by atoms with Gasteiger partial charge in [-0.2, -0.15) is 30.0 Å². The zero-order valence-electron chi connectivity index (χ0n) is 55.5. The Balaban J connectivity index is 0.871. The van der Waals surface area contributed by atoms with E-state index in [0.717, 1.165) is 123 Å². The molecule has 0 amide bonds. The molecular weight excluding hydrogens is 1260 g/mol. The Morgan fingerprint density at radius 3 is 1.10 bits per heavy atom. The summed E-state index contributed by atoms with van der Waals surface area (Å²) < 4.78 is 2.42. The van der Waals surface area contributed by atoms with Gasteiger partial charge in [0, 0.05) is 78.9 Å². The van der Waals surface area contributed by atoms with E-state index in [-0.39, 0.29) is 6.71 Å². The van der Waals surface area contributed by atoms with Crippen LogP contribution in [0.4, 0.5) is 56.9 Å². The molecule has 14 aromatic carbocycles. The molecule has 482 valence electrons. The maximum absolute atomic E-state index is 5.64. The SMILES string of the molecule is c1ccc(-c2ccc(N3c4ccc(-c5ccccc5)cc4B4c5ccc(-n6c7ccccc7c7ccccc76)cc5N(c5ccc(-c6ccccc6)cc5)c5cc(C6=NC7=NC(N(c8ccccc8)c8ccccc8)=NC8=NC(N(c9ccccc9)c9ccccc9)=NC(=N6)N78)cc3c54)cc2)cc1. The quantitative estimate of drug-likeness (QED) is 0.120. The predicted octanol–water partition coefficient (Wildman–Crippen LogP) is 19.4. The number of anilines is 10. The smallest absolute Gasteiger partial charge is 0.252 e. The molecule has 6 heterocycles. The van der Waals surface area contributed by atoms with Crippen LogP contribution < -0.4 is 36.0 Å². The molecule has 0 atom stereocenters. The van der Waals surface area contributed by atoms with Crippen LogP contribution >= 0.6 is 0 Å². The third-order valence-electron chi connectivity index (χ3n) is 20.0. The molecule has 0 spiro atoms. The number of guanidine groups is 5. The molecule has 0 unspecified atom stereocenters. The maximum Gasteiger partial charge on any atom is 0.252 e. The van der Waals surface area contributed by atoms with Crippen molar-refractivity contribution in [3.63, 3.8) is 0 Å². The van der Waals surface area contributed by atoms with Gasteiger partial charge < -0.3 is 14.4 Å². The fourth-order valence-electron chi connectivity index (χ4n) is 15.4. The normalized spacial score (nSPS) is 13.9. The van der Waals surface area contributed by atoms with Gasteiger partial charge in [-0.05, 0) is 165 Å². The first-order valence-corrected chi connectivity index (χ1v) is 34.6. The van der Waals surface area contributed by atoms with Crippen molar-refractivity contribution < 1.29 is 0 Å². The van der Waals surface area contributed by atoms with E-state index in [1.165, 1.54) is 16.2 Å². The van der Waals surface area contributed by atoms with Gasteiger partial charge in [-0.25, -0.2) is 4.90 Å². The van der Waals surface area contributed by atoms with E-state index in [2.05, 4.69) is 299 Å². The van der Waals surface area contributed by atoms with Crippen molar-refractivity contribution >= 4 is 137 Å². The number of fused-ring (bicyclic) bond motifs is 7. The largest absolute Gasteiger partial charge is 0.311 e. The third kappa shape index (κ3) is 10.1. The summed E-state index contributed by atoms with van der Waals surface area (Å²) in [6.07, 6.45) is 0. The first-order valence-electron chi connectivity index (χ1n) is 34.6. The van der Waals surface area contributed by atoms with E-state index in [1.807, 2.05) is 82.6 Å². The average Bonchev–Trinajstić information content (AvgIpc) is 0.935. The minimum absolute atomic E-state index is 0.274. The fraction of sp³-hybridized carbons (Fsp3) is 0. The molecule has 13 heteroatoms. The zero-order valence-corrected chi connectivity index (χ0v) is 55.5. The summed E-state index contributed by atoms with van der Waals surface area (Å²) in [6.45, 7) is -0.274. The molecule has 0 bridgehead atoms. The standard InChI is InChI=1S/C90H59BN12/c1-8-26-60(27-9-1)63-44-49-71(50-45-63)100-80-55-48-65(62-30-12-3-13-31-62)56-77(80)91-76-54-53-73(102-78-42-24-22-40-74(78)75-41-23-25-43-79(75)102)59-81(76)101(72-51-46-64(47-52-72)61-28-10-2-11-29-61)83-58-66(57-82(100)84(83)91)85-92-86-94-88(98(67-32-14-4-15-33-67)68-34-16-5-17-35-68)96-90-97-89(95-87(93-85)103(86)90)99(69-36-18-6-19-37-69)70-38-20-7-21-39-70/h1-59H. The number of aliphatic imine (C=N–C) groups is 6. The van der Waals surface area contributed by atoms with Crippen LogP contribution in [0.25, 0.3) is 60.9 Å². The van der Waals surface area contributed by atoms with Crippen LogP contribution in [-0.4, -0.2) is 51.8 Å². The molecule has 0 fully saturated rings. The molecular formula is C90H59BN12. The first kappa shape index (κ1) is 59.1. The average molecular weight is 1320 g/mol. The molecule has 12 nitrogen and oxygen atoms in total.